The van der Waals surface area contributed by atoms with Crippen LogP contribution in [-0.2, 0) is 16.0 Å². The molecule has 1 aliphatic rings. The number of nitrogens with zero attached hydrogens (tertiary/aromatic N) is 5. The minimum atomic E-state index is -0.839. The van der Waals surface area contributed by atoms with Gasteiger partial charge in [0.05, 0.1) is 12.6 Å². The largest absolute Gasteiger partial charge is 0.489 e. The number of carbonyl (C=O) groups is 3. The highest BCUT2D eigenvalue weighted by Gasteiger charge is 2.44. The third-order valence-electron chi connectivity index (χ3n) is 8.99. The summed E-state index contributed by atoms with van der Waals surface area (Å²) in [7, 11) is 0. The Hall–Kier alpha value is -4.87. The summed E-state index contributed by atoms with van der Waals surface area (Å²) in [5.74, 6) is -1.02. The molecule has 3 heterocycles. The molecule has 2 aromatic carbocycles. The van der Waals surface area contributed by atoms with E-state index in [1.807, 2.05) is 34.6 Å². The number of aromatic nitrogens is 3. The molecule has 260 valence electrons. The van der Waals surface area contributed by atoms with Crippen LogP contribution in [0.1, 0.15) is 63.5 Å². The van der Waals surface area contributed by atoms with E-state index < -0.39 is 29.4 Å². The first-order chi connectivity index (χ1) is 23.3. The third kappa shape index (κ3) is 8.79. The summed E-state index contributed by atoms with van der Waals surface area (Å²) >= 11 is 0. The quantitative estimate of drug-likeness (QED) is 0.218. The van der Waals surface area contributed by atoms with Crippen molar-refractivity contribution in [1.29, 1.82) is 0 Å². The van der Waals surface area contributed by atoms with Crippen molar-refractivity contribution < 1.29 is 27.9 Å². The van der Waals surface area contributed by atoms with Gasteiger partial charge in [-0.2, -0.15) is 0 Å². The van der Waals surface area contributed by atoms with Gasteiger partial charge in [-0.3, -0.25) is 18.8 Å². The van der Waals surface area contributed by atoms with Gasteiger partial charge in [-0.15, -0.1) is 0 Å². The molecule has 4 atom stereocenters. The van der Waals surface area contributed by atoms with Crippen molar-refractivity contribution >= 4 is 23.5 Å². The summed E-state index contributed by atoms with van der Waals surface area (Å²) in [6.07, 6.45) is 5.95. The number of fused-ring (bicyclic) bond motifs is 1. The van der Waals surface area contributed by atoms with Crippen molar-refractivity contribution in [2.75, 3.05) is 19.6 Å². The molecule has 3 amide bonds. The monoisotopic (exact) mass is 674 g/mol. The molecule has 0 unspecified atom stereocenters. The molecule has 0 aliphatic carbocycles. The number of imidazole rings is 1. The first-order valence-corrected chi connectivity index (χ1v) is 16.7. The second-order valence-corrected chi connectivity index (χ2v) is 13.8. The molecule has 1 fully saturated rings. The average molecular weight is 675 g/mol. The number of amides is 3. The smallest absolute Gasteiger partial charge is 0.274 e. The van der Waals surface area contributed by atoms with Gasteiger partial charge in [0.2, 0.25) is 17.6 Å². The number of carbonyl (C=O) groups excluding carboxylic acids is 3. The minimum Gasteiger partial charge on any atom is -0.489 e. The van der Waals surface area contributed by atoms with E-state index in [9.17, 15) is 23.2 Å². The molecule has 1 saturated heterocycles. The van der Waals surface area contributed by atoms with Gasteiger partial charge in [-0.25, -0.2) is 18.7 Å². The second kappa shape index (κ2) is 15.1. The van der Waals surface area contributed by atoms with Gasteiger partial charge in [0.25, 0.3) is 5.91 Å². The molecular weight excluding hydrogens is 630 g/mol. The van der Waals surface area contributed by atoms with E-state index in [-0.39, 0.29) is 54.8 Å². The first kappa shape index (κ1) is 35.4. The predicted octanol–water partition coefficient (Wildman–Crippen LogP) is 5.32. The van der Waals surface area contributed by atoms with Crippen LogP contribution < -0.4 is 10.1 Å². The molecule has 0 bridgehead atoms. The van der Waals surface area contributed by atoms with E-state index >= 15 is 0 Å². The van der Waals surface area contributed by atoms with Gasteiger partial charge < -0.3 is 19.9 Å². The Morgan fingerprint density at radius 1 is 1.06 bits per heavy atom. The van der Waals surface area contributed by atoms with Crippen LogP contribution in [0.5, 0.6) is 5.75 Å². The van der Waals surface area contributed by atoms with Gasteiger partial charge in [-0.05, 0) is 66.3 Å². The van der Waals surface area contributed by atoms with Crippen LogP contribution in [0, 0.1) is 23.0 Å². The molecule has 4 aromatic rings. The first-order valence-electron chi connectivity index (χ1n) is 16.7. The molecule has 2 aromatic heterocycles. The molecule has 0 spiro atoms. The highest BCUT2D eigenvalue weighted by Crippen LogP contribution is 2.29. The number of hydrogen-bond donors (Lipinski definition) is 1. The van der Waals surface area contributed by atoms with Crippen LogP contribution >= 0.6 is 0 Å². The number of benzene rings is 2. The van der Waals surface area contributed by atoms with E-state index in [1.54, 1.807) is 51.0 Å². The molecule has 1 N–H and O–H groups in total. The van der Waals surface area contributed by atoms with Crippen molar-refractivity contribution in [3.63, 3.8) is 0 Å². The molecule has 1 aliphatic heterocycles. The van der Waals surface area contributed by atoms with Crippen LogP contribution in [0.15, 0.2) is 73.2 Å². The lowest BCUT2D eigenvalue weighted by Gasteiger charge is -2.37. The Labute approximate surface area is 285 Å². The van der Waals surface area contributed by atoms with Gasteiger partial charge in [-0.1, -0.05) is 46.8 Å². The van der Waals surface area contributed by atoms with Crippen LogP contribution in [0.2, 0.25) is 0 Å². The zero-order valence-corrected chi connectivity index (χ0v) is 28.6. The van der Waals surface area contributed by atoms with E-state index in [0.717, 1.165) is 5.56 Å². The van der Waals surface area contributed by atoms with E-state index in [4.69, 9.17) is 4.74 Å². The highest BCUT2D eigenvalue weighted by atomic mass is 19.1. The molecule has 49 heavy (non-hydrogen) atoms. The second-order valence-electron chi connectivity index (χ2n) is 13.8. The Morgan fingerprint density at radius 2 is 1.73 bits per heavy atom. The number of hydrogen-bond acceptors (Lipinski definition) is 6. The van der Waals surface area contributed by atoms with E-state index in [2.05, 4.69) is 15.3 Å². The van der Waals surface area contributed by atoms with Crippen LogP contribution in [0.3, 0.4) is 0 Å². The summed E-state index contributed by atoms with van der Waals surface area (Å²) in [4.78, 5) is 53.7. The third-order valence-corrected chi connectivity index (χ3v) is 8.99. The Balaban J connectivity index is 1.46. The molecule has 0 radical (unpaired) electrons. The Kier molecular flexibility index (Phi) is 10.9. The molecule has 12 heteroatoms. The molecule has 0 saturated carbocycles. The van der Waals surface area contributed by atoms with E-state index in [1.165, 1.54) is 36.4 Å². The average Bonchev–Trinajstić information content (AvgIpc) is 3.69. The lowest BCUT2D eigenvalue weighted by Crippen LogP contribution is -2.58. The highest BCUT2D eigenvalue weighted by molar-refractivity contribution is 5.93. The van der Waals surface area contributed by atoms with Crippen LogP contribution in [0.4, 0.5) is 8.78 Å². The van der Waals surface area contributed by atoms with Crippen molar-refractivity contribution in [3.05, 3.63) is 96.1 Å². The SMILES string of the molecule is CC[C@@H](C)C(=O)N[C@H](C(=O)N1C[C@@H](Oc2ccc(F)cc2)C[C@H]1CN(CCc1ccc(F)cc1)C(=O)c1cn2cccnc2n1)C(C)(C)C. The molecular formula is C37H44F2N6O4. The van der Waals surface area contributed by atoms with Crippen molar-refractivity contribution in [3.8, 4) is 5.75 Å². The molecule has 10 nitrogen and oxygen atoms in total. The maximum atomic E-state index is 14.5. The predicted molar refractivity (Wildman–Crippen MR) is 181 cm³/mol. The summed E-state index contributed by atoms with van der Waals surface area (Å²) in [6.45, 7) is 10.1. The van der Waals surface area contributed by atoms with Gasteiger partial charge >= 0.3 is 0 Å². The maximum Gasteiger partial charge on any atom is 0.274 e. The fraction of sp³-hybridized carbons (Fsp3) is 0.432. The molecule has 5 rings (SSSR count). The van der Waals surface area contributed by atoms with Crippen LogP contribution in [-0.4, -0.2) is 79.7 Å². The normalized spacial score (nSPS) is 17.5. The zero-order valence-electron chi connectivity index (χ0n) is 28.6. The number of halogens is 2. The zero-order chi connectivity index (χ0) is 35.3. The summed E-state index contributed by atoms with van der Waals surface area (Å²) in [6, 6.07) is 12.2. The fourth-order valence-corrected chi connectivity index (χ4v) is 5.93. The number of rotatable bonds is 12. The lowest BCUT2D eigenvalue weighted by atomic mass is 9.85. The van der Waals surface area contributed by atoms with E-state index in [0.29, 0.717) is 30.8 Å². The van der Waals surface area contributed by atoms with Crippen molar-refractivity contribution in [2.24, 2.45) is 11.3 Å². The number of ether oxygens (including phenoxy) is 1. The minimum absolute atomic E-state index is 0.145. The Bertz CT molecular complexity index is 1720. The number of likely N-dealkylation sites (tertiary alicyclic amines) is 1. The summed E-state index contributed by atoms with van der Waals surface area (Å²) in [5.41, 5.74) is 0.414. The van der Waals surface area contributed by atoms with Gasteiger partial charge in [0.1, 0.15) is 35.2 Å². The van der Waals surface area contributed by atoms with Crippen molar-refractivity contribution in [1.82, 2.24) is 29.5 Å². The standard InChI is InChI=1S/C37H44F2N6O4/c1-6-24(2)33(46)42-32(37(3,4)5)35(48)45-22-30(49-29-14-12-27(39)13-15-29)20-28(45)21-43(19-16-25-8-10-26(38)11-9-25)34(47)31-23-44-18-7-17-40-36(44)41-31/h7-15,17-18,23-24,28,30,32H,6,16,19-22H2,1-5H3,(H,42,46)/t24-,28+,30+,32-/m1/s1. The van der Waals surface area contributed by atoms with Gasteiger partial charge in [0.15, 0.2) is 0 Å². The summed E-state index contributed by atoms with van der Waals surface area (Å²) < 4.78 is 35.2. The lowest BCUT2D eigenvalue weighted by molar-refractivity contribution is -0.141. The Morgan fingerprint density at radius 3 is 2.37 bits per heavy atom. The topological polar surface area (TPSA) is 109 Å². The summed E-state index contributed by atoms with van der Waals surface area (Å²) in [5, 5.41) is 3.00. The van der Waals surface area contributed by atoms with Crippen molar-refractivity contribution in [2.45, 2.75) is 72.1 Å². The van der Waals surface area contributed by atoms with Gasteiger partial charge in [0, 0.05) is 44.0 Å². The number of nitrogens with one attached hydrogen (secondary N) is 1. The van der Waals surface area contributed by atoms with Crippen LogP contribution in [0.25, 0.3) is 5.78 Å². The fourth-order valence-electron chi connectivity index (χ4n) is 5.93. The maximum absolute atomic E-state index is 14.5.